The molecule has 0 aliphatic rings. The highest BCUT2D eigenvalue weighted by Gasteiger charge is 2.21. The summed E-state index contributed by atoms with van der Waals surface area (Å²) in [5, 5.41) is 13.9. The van der Waals surface area contributed by atoms with Crippen molar-refractivity contribution >= 4 is 33.8 Å². The third-order valence-corrected chi connectivity index (χ3v) is 4.65. The summed E-state index contributed by atoms with van der Waals surface area (Å²) in [6, 6.07) is 4.21. The van der Waals surface area contributed by atoms with Crippen molar-refractivity contribution in [2.75, 3.05) is 5.32 Å². The van der Waals surface area contributed by atoms with Crippen molar-refractivity contribution in [3.63, 3.8) is 0 Å². The Morgan fingerprint density at radius 3 is 2.48 bits per heavy atom. The van der Waals surface area contributed by atoms with Crippen LogP contribution >= 0.6 is 11.3 Å². The first kappa shape index (κ1) is 16.6. The van der Waals surface area contributed by atoms with Gasteiger partial charge in [0.15, 0.2) is 0 Å². The molecule has 1 heterocycles. The fourth-order valence-electron chi connectivity index (χ4n) is 2.13. The van der Waals surface area contributed by atoms with Gasteiger partial charge in [-0.15, -0.1) is 11.3 Å². The lowest BCUT2D eigenvalue weighted by Crippen LogP contribution is -2.17. The molecule has 0 saturated carbocycles. The van der Waals surface area contributed by atoms with Crippen LogP contribution in [0, 0.1) is 30.9 Å². The molecule has 1 aromatic heterocycles. The molecule has 0 radical (unpaired) electrons. The number of benzene rings is 1. The first-order chi connectivity index (χ1) is 10.7. The Balaban J connectivity index is 2.37. The molecule has 2 rings (SSSR count). The number of primary amides is 1. The second-order valence-corrected chi connectivity index (χ2v) is 6.29. The summed E-state index contributed by atoms with van der Waals surface area (Å²) >= 11 is 1.24. The molecule has 3 N–H and O–H groups in total. The SMILES string of the molecule is Cc1ccc(C(=O)Nc2sc(C)c(C)c2C(N)=O)cc1[N+](=O)[O-]. The normalized spacial score (nSPS) is 10.4. The van der Waals surface area contributed by atoms with Crippen molar-refractivity contribution in [3.05, 3.63) is 55.4 Å². The number of carbonyl (C=O) groups is 2. The topological polar surface area (TPSA) is 115 Å². The van der Waals surface area contributed by atoms with Gasteiger partial charge in [-0.05, 0) is 32.4 Å². The Bertz CT molecular complexity index is 826. The zero-order valence-electron chi connectivity index (χ0n) is 12.8. The molecule has 7 nitrogen and oxygen atoms in total. The highest BCUT2D eigenvalue weighted by molar-refractivity contribution is 7.16. The number of hydrogen-bond donors (Lipinski definition) is 2. The van der Waals surface area contributed by atoms with Crippen molar-refractivity contribution in [2.45, 2.75) is 20.8 Å². The van der Waals surface area contributed by atoms with Gasteiger partial charge in [0.05, 0.1) is 10.5 Å². The van der Waals surface area contributed by atoms with E-state index in [4.69, 9.17) is 5.73 Å². The molecule has 0 bridgehead atoms. The van der Waals surface area contributed by atoms with E-state index in [0.29, 0.717) is 16.1 Å². The molecule has 8 heteroatoms. The summed E-state index contributed by atoms with van der Waals surface area (Å²) < 4.78 is 0. The van der Waals surface area contributed by atoms with Gasteiger partial charge in [0.2, 0.25) is 0 Å². The Labute approximate surface area is 136 Å². The number of aryl methyl sites for hydroxylation is 2. The molecule has 0 fully saturated rings. The molecule has 0 unspecified atom stereocenters. The number of rotatable bonds is 4. The minimum Gasteiger partial charge on any atom is -0.365 e. The summed E-state index contributed by atoms with van der Waals surface area (Å²) in [4.78, 5) is 35.2. The third kappa shape index (κ3) is 3.21. The molecule has 120 valence electrons. The number of anilines is 1. The van der Waals surface area contributed by atoms with E-state index in [1.807, 2.05) is 6.92 Å². The summed E-state index contributed by atoms with van der Waals surface area (Å²) in [5.41, 5.74) is 6.81. The molecule has 0 aliphatic carbocycles. The van der Waals surface area contributed by atoms with Crippen LogP contribution in [0.2, 0.25) is 0 Å². The first-order valence-corrected chi connectivity index (χ1v) is 7.50. The molecule has 0 atom stereocenters. The minimum absolute atomic E-state index is 0.133. The molecular formula is C15H15N3O4S. The van der Waals surface area contributed by atoms with Crippen molar-refractivity contribution < 1.29 is 14.5 Å². The van der Waals surface area contributed by atoms with E-state index in [-0.39, 0.29) is 16.8 Å². The van der Waals surface area contributed by atoms with Crippen LogP contribution in [0.5, 0.6) is 0 Å². The monoisotopic (exact) mass is 333 g/mol. The fourth-order valence-corrected chi connectivity index (χ4v) is 3.20. The van der Waals surface area contributed by atoms with Crippen LogP contribution < -0.4 is 11.1 Å². The lowest BCUT2D eigenvalue weighted by molar-refractivity contribution is -0.385. The lowest BCUT2D eigenvalue weighted by Gasteiger charge is -2.06. The molecular weight excluding hydrogens is 318 g/mol. The Morgan fingerprint density at radius 2 is 1.91 bits per heavy atom. The van der Waals surface area contributed by atoms with Crippen molar-refractivity contribution in [3.8, 4) is 0 Å². The molecule has 0 saturated heterocycles. The fraction of sp³-hybridized carbons (Fsp3) is 0.200. The van der Waals surface area contributed by atoms with E-state index in [9.17, 15) is 19.7 Å². The number of nitro groups is 1. The van der Waals surface area contributed by atoms with Gasteiger partial charge >= 0.3 is 0 Å². The summed E-state index contributed by atoms with van der Waals surface area (Å²) in [5.74, 6) is -1.16. The van der Waals surface area contributed by atoms with E-state index in [0.717, 1.165) is 4.88 Å². The average molecular weight is 333 g/mol. The summed E-state index contributed by atoms with van der Waals surface area (Å²) in [7, 11) is 0. The number of nitro benzene ring substituents is 1. The first-order valence-electron chi connectivity index (χ1n) is 6.68. The summed E-state index contributed by atoms with van der Waals surface area (Å²) in [6.07, 6.45) is 0. The standard InChI is InChI=1S/C15H15N3O4S/c1-7-4-5-10(6-11(7)18(21)22)14(20)17-15-12(13(16)19)8(2)9(3)23-15/h4-6H,1-3H3,(H2,16,19)(H,17,20). The molecule has 0 aliphatic heterocycles. The maximum Gasteiger partial charge on any atom is 0.273 e. The van der Waals surface area contributed by atoms with Crippen molar-refractivity contribution in [1.29, 1.82) is 0 Å². The van der Waals surface area contributed by atoms with Crippen LogP contribution in [-0.4, -0.2) is 16.7 Å². The third-order valence-electron chi connectivity index (χ3n) is 3.53. The van der Waals surface area contributed by atoms with Crippen LogP contribution in [0.25, 0.3) is 0 Å². The number of hydrogen-bond acceptors (Lipinski definition) is 5. The van der Waals surface area contributed by atoms with Gasteiger partial charge < -0.3 is 11.1 Å². The molecule has 23 heavy (non-hydrogen) atoms. The predicted octanol–water partition coefficient (Wildman–Crippen LogP) is 2.93. The maximum absolute atomic E-state index is 12.3. The van der Waals surface area contributed by atoms with E-state index in [1.165, 1.54) is 29.5 Å². The van der Waals surface area contributed by atoms with E-state index in [2.05, 4.69) is 5.32 Å². The van der Waals surface area contributed by atoms with Gasteiger partial charge in [0.25, 0.3) is 17.5 Å². The zero-order chi connectivity index (χ0) is 17.3. The number of nitrogens with one attached hydrogen (secondary N) is 1. The Kier molecular flexibility index (Phi) is 4.46. The molecule has 2 amide bonds. The van der Waals surface area contributed by atoms with Crippen LogP contribution in [0.3, 0.4) is 0 Å². The second kappa shape index (κ2) is 6.17. The Hall–Kier alpha value is -2.74. The lowest BCUT2D eigenvalue weighted by atomic mass is 10.1. The van der Waals surface area contributed by atoms with Crippen LogP contribution in [0.1, 0.15) is 36.7 Å². The molecule has 2 aromatic rings. The van der Waals surface area contributed by atoms with Crippen molar-refractivity contribution in [2.24, 2.45) is 5.73 Å². The highest BCUT2D eigenvalue weighted by Crippen LogP contribution is 2.32. The zero-order valence-corrected chi connectivity index (χ0v) is 13.6. The van der Waals surface area contributed by atoms with E-state index >= 15 is 0 Å². The van der Waals surface area contributed by atoms with Crippen LogP contribution in [0.15, 0.2) is 18.2 Å². The predicted molar refractivity (Wildman–Crippen MR) is 88.1 cm³/mol. The number of nitrogens with two attached hydrogens (primary N) is 1. The van der Waals surface area contributed by atoms with Crippen LogP contribution in [0.4, 0.5) is 10.7 Å². The molecule has 1 aromatic carbocycles. The number of amides is 2. The smallest absolute Gasteiger partial charge is 0.273 e. The van der Waals surface area contributed by atoms with Crippen LogP contribution in [-0.2, 0) is 0 Å². The number of carbonyl (C=O) groups excluding carboxylic acids is 2. The van der Waals surface area contributed by atoms with Gasteiger partial charge in [-0.25, -0.2) is 0 Å². The number of nitrogens with zero attached hydrogens (tertiary/aromatic N) is 1. The molecule has 0 spiro atoms. The summed E-state index contributed by atoms with van der Waals surface area (Å²) in [6.45, 7) is 5.16. The van der Waals surface area contributed by atoms with E-state index < -0.39 is 16.7 Å². The van der Waals surface area contributed by atoms with Gasteiger partial charge in [-0.3, -0.25) is 19.7 Å². The minimum atomic E-state index is -0.628. The second-order valence-electron chi connectivity index (χ2n) is 5.06. The van der Waals surface area contributed by atoms with Gasteiger partial charge in [0.1, 0.15) is 5.00 Å². The maximum atomic E-state index is 12.3. The van der Waals surface area contributed by atoms with Crippen molar-refractivity contribution in [1.82, 2.24) is 0 Å². The Morgan fingerprint density at radius 1 is 1.26 bits per heavy atom. The largest absolute Gasteiger partial charge is 0.365 e. The van der Waals surface area contributed by atoms with Gasteiger partial charge in [-0.1, -0.05) is 6.07 Å². The number of thiophene rings is 1. The van der Waals surface area contributed by atoms with Gasteiger partial charge in [0, 0.05) is 22.1 Å². The quantitative estimate of drug-likeness (QED) is 0.661. The highest BCUT2D eigenvalue weighted by atomic mass is 32.1. The van der Waals surface area contributed by atoms with Gasteiger partial charge in [-0.2, -0.15) is 0 Å². The average Bonchev–Trinajstić information content (AvgIpc) is 2.73. The van der Waals surface area contributed by atoms with E-state index in [1.54, 1.807) is 13.8 Å².